The van der Waals surface area contributed by atoms with Gasteiger partial charge in [-0.3, -0.25) is 0 Å². The Balaban J connectivity index is 2.02. The zero-order valence-corrected chi connectivity index (χ0v) is 14.0. The first-order valence-corrected chi connectivity index (χ1v) is 8.15. The first kappa shape index (κ1) is 15.5. The van der Waals surface area contributed by atoms with Crippen molar-refractivity contribution >= 4 is 34.7 Å². The average molecular weight is 337 g/mol. The molecule has 0 spiro atoms. The third kappa shape index (κ3) is 2.91. The maximum atomic E-state index is 6.35. The zero-order chi connectivity index (χ0) is 15.7. The third-order valence-corrected chi connectivity index (χ3v) is 4.38. The van der Waals surface area contributed by atoms with Crippen LogP contribution in [0.2, 0.25) is 10.0 Å². The van der Waals surface area contributed by atoms with E-state index in [1.165, 1.54) is 5.56 Å². The lowest BCUT2D eigenvalue weighted by Crippen LogP contribution is -2.15. The molecule has 2 N–H and O–H groups in total. The van der Waals surface area contributed by atoms with Crippen LogP contribution in [-0.2, 0) is 12.8 Å². The Bertz CT molecular complexity index is 703. The molecular weight excluding hydrogens is 319 g/mol. The van der Waals surface area contributed by atoms with Gasteiger partial charge in [0.25, 0.3) is 0 Å². The molecule has 4 nitrogen and oxygen atoms in total. The van der Waals surface area contributed by atoms with Crippen molar-refractivity contribution in [2.24, 2.45) is 5.73 Å². The number of benzene rings is 1. The monoisotopic (exact) mass is 336 g/mol. The van der Waals surface area contributed by atoms with Gasteiger partial charge in [0.05, 0.1) is 10.7 Å². The fraction of sp³-hybridized carbons (Fsp3) is 0.375. The summed E-state index contributed by atoms with van der Waals surface area (Å²) in [5.74, 6) is 1.74. The molecule has 1 aromatic carbocycles. The average Bonchev–Trinajstić information content (AvgIpc) is 2.88. The first-order chi connectivity index (χ1) is 10.6. The van der Waals surface area contributed by atoms with Crippen molar-refractivity contribution < 1.29 is 0 Å². The molecule has 0 bridgehead atoms. The van der Waals surface area contributed by atoms with Crippen LogP contribution in [0.4, 0.5) is 11.5 Å². The molecule has 0 atom stereocenters. The fourth-order valence-electron chi connectivity index (χ4n) is 2.86. The number of halogens is 2. The third-order valence-electron chi connectivity index (χ3n) is 3.84. The number of aromatic nitrogens is 2. The van der Waals surface area contributed by atoms with Gasteiger partial charge in [0.1, 0.15) is 11.6 Å². The Kier molecular flexibility index (Phi) is 4.52. The smallest absolute Gasteiger partial charge is 0.140 e. The second kappa shape index (κ2) is 6.41. The van der Waals surface area contributed by atoms with Crippen molar-refractivity contribution in [1.82, 2.24) is 9.97 Å². The van der Waals surface area contributed by atoms with Gasteiger partial charge < -0.3 is 10.6 Å². The predicted molar refractivity (Wildman–Crippen MR) is 91.3 cm³/mol. The molecule has 0 saturated carbocycles. The van der Waals surface area contributed by atoms with Crippen LogP contribution in [-0.4, -0.2) is 23.1 Å². The van der Waals surface area contributed by atoms with Crippen molar-refractivity contribution in [3.8, 4) is 0 Å². The largest absolute Gasteiger partial charge is 0.330 e. The van der Waals surface area contributed by atoms with E-state index in [4.69, 9.17) is 28.9 Å². The van der Waals surface area contributed by atoms with Crippen LogP contribution in [0.1, 0.15) is 23.5 Å². The summed E-state index contributed by atoms with van der Waals surface area (Å²) >= 11 is 12.3. The quantitative estimate of drug-likeness (QED) is 0.925. The highest BCUT2D eigenvalue weighted by atomic mass is 35.5. The Hall–Kier alpha value is -1.36. The summed E-state index contributed by atoms with van der Waals surface area (Å²) < 4.78 is 0. The standard InChI is InChI=1S/C16H18Cl2N4/c1-10-20-14(3-2-7-19)12-6-8-22(16(12)21-10)15-5-4-11(17)9-13(15)18/h4-5,9H,2-3,6-8,19H2,1H3. The highest BCUT2D eigenvalue weighted by Crippen LogP contribution is 2.39. The van der Waals surface area contributed by atoms with Gasteiger partial charge in [0.2, 0.25) is 0 Å². The minimum atomic E-state index is 0.635. The highest BCUT2D eigenvalue weighted by Gasteiger charge is 2.27. The molecule has 1 aliphatic heterocycles. The molecule has 1 aliphatic rings. The second-order valence-corrected chi connectivity index (χ2v) is 6.25. The number of hydrogen-bond acceptors (Lipinski definition) is 4. The van der Waals surface area contributed by atoms with Gasteiger partial charge in [-0.2, -0.15) is 0 Å². The molecule has 116 valence electrons. The number of anilines is 2. The molecule has 2 heterocycles. The van der Waals surface area contributed by atoms with E-state index in [2.05, 4.69) is 14.9 Å². The van der Waals surface area contributed by atoms with Crippen LogP contribution in [0.15, 0.2) is 18.2 Å². The minimum Gasteiger partial charge on any atom is -0.330 e. The van der Waals surface area contributed by atoms with Gasteiger partial charge >= 0.3 is 0 Å². The van der Waals surface area contributed by atoms with E-state index in [0.29, 0.717) is 16.6 Å². The summed E-state index contributed by atoms with van der Waals surface area (Å²) in [4.78, 5) is 11.4. The van der Waals surface area contributed by atoms with Crippen molar-refractivity contribution in [3.63, 3.8) is 0 Å². The molecule has 0 unspecified atom stereocenters. The van der Waals surface area contributed by atoms with Crippen LogP contribution in [0, 0.1) is 6.92 Å². The van der Waals surface area contributed by atoms with Crippen LogP contribution in [0.5, 0.6) is 0 Å². The van der Waals surface area contributed by atoms with Gasteiger partial charge in [-0.05, 0) is 50.9 Å². The van der Waals surface area contributed by atoms with Gasteiger partial charge in [-0.25, -0.2) is 9.97 Å². The molecule has 3 rings (SSSR count). The Morgan fingerprint density at radius 2 is 2.09 bits per heavy atom. The summed E-state index contributed by atoms with van der Waals surface area (Å²) in [5.41, 5.74) is 8.89. The van der Waals surface area contributed by atoms with E-state index in [0.717, 1.165) is 48.8 Å². The molecular formula is C16H18Cl2N4. The number of aryl methyl sites for hydroxylation is 2. The van der Waals surface area contributed by atoms with E-state index in [9.17, 15) is 0 Å². The first-order valence-electron chi connectivity index (χ1n) is 7.39. The normalized spacial score (nSPS) is 13.5. The minimum absolute atomic E-state index is 0.635. The fourth-order valence-corrected chi connectivity index (χ4v) is 3.37. The van der Waals surface area contributed by atoms with Crippen molar-refractivity contribution in [2.45, 2.75) is 26.2 Å². The lowest BCUT2D eigenvalue weighted by molar-refractivity contribution is 0.789. The molecule has 0 fully saturated rings. The summed E-state index contributed by atoms with van der Waals surface area (Å²) in [5, 5.41) is 1.27. The van der Waals surface area contributed by atoms with Crippen LogP contribution in [0.3, 0.4) is 0 Å². The molecule has 22 heavy (non-hydrogen) atoms. The van der Waals surface area contributed by atoms with E-state index in [1.807, 2.05) is 19.1 Å². The molecule has 0 saturated heterocycles. The lowest BCUT2D eigenvalue weighted by atomic mass is 10.1. The maximum Gasteiger partial charge on any atom is 0.140 e. The van der Waals surface area contributed by atoms with Crippen LogP contribution < -0.4 is 10.6 Å². The zero-order valence-electron chi connectivity index (χ0n) is 12.4. The number of fused-ring (bicyclic) bond motifs is 1. The van der Waals surface area contributed by atoms with Crippen molar-refractivity contribution in [1.29, 1.82) is 0 Å². The molecule has 6 heteroatoms. The van der Waals surface area contributed by atoms with E-state index in [1.54, 1.807) is 6.07 Å². The number of nitrogens with two attached hydrogens (primary N) is 1. The summed E-state index contributed by atoms with van der Waals surface area (Å²) in [6.07, 6.45) is 2.75. The SMILES string of the molecule is Cc1nc(CCCN)c2c(n1)N(c1ccc(Cl)cc1Cl)CC2. The summed E-state index contributed by atoms with van der Waals surface area (Å²) in [6.45, 7) is 3.45. The number of nitrogens with zero attached hydrogens (tertiary/aromatic N) is 3. The summed E-state index contributed by atoms with van der Waals surface area (Å²) in [6, 6.07) is 5.56. The van der Waals surface area contributed by atoms with E-state index in [-0.39, 0.29) is 0 Å². The topological polar surface area (TPSA) is 55.0 Å². The Labute approximate surface area is 140 Å². The summed E-state index contributed by atoms with van der Waals surface area (Å²) in [7, 11) is 0. The van der Waals surface area contributed by atoms with Gasteiger partial charge in [-0.15, -0.1) is 0 Å². The van der Waals surface area contributed by atoms with Gasteiger partial charge in [0.15, 0.2) is 0 Å². The number of hydrogen-bond donors (Lipinski definition) is 1. The predicted octanol–water partition coefficient (Wildman–Crippen LogP) is 3.68. The molecule has 0 radical (unpaired) electrons. The Morgan fingerprint density at radius 1 is 1.27 bits per heavy atom. The van der Waals surface area contributed by atoms with E-state index < -0.39 is 0 Å². The molecule has 1 aromatic heterocycles. The molecule has 2 aromatic rings. The molecule has 0 amide bonds. The second-order valence-electron chi connectivity index (χ2n) is 5.41. The van der Waals surface area contributed by atoms with Gasteiger partial charge in [-0.1, -0.05) is 23.2 Å². The Morgan fingerprint density at radius 3 is 2.82 bits per heavy atom. The highest BCUT2D eigenvalue weighted by molar-refractivity contribution is 6.36. The van der Waals surface area contributed by atoms with Crippen LogP contribution >= 0.6 is 23.2 Å². The number of rotatable bonds is 4. The van der Waals surface area contributed by atoms with Crippen molar-refractivity contribution in [2.75, 3.05) is 18.0 Å². The van der Waals surface area contributed by atoms with Crippen LogP contribution in [0.25, 0.3) is 0 Å². The molecule has 0 aliphatic carbocycles. The maximum absolute atomic E-state index is 6.35. The lowest BCUT2D eigenvalue weighted by Gasteiger charge is -2.20. The van der Waals surface area contributed by atoms with Gasteiger partial charge in [0, 0.05) is 22.8 Å². The van der Waals surface area contributed by atoms with E-state index >= 15 is 0 Å². The van der Waals surface area contributed by atoms with Crippen molar-refractivity contribution in [3.05, 3.63) is 45.3 Å².